The lowest BCUT2D eigenvalue weighted by molar-refractivity contribution is -0.385. The fraction of sp³-hybridized carbons (Fsp3) is 0.143. The predicted octanol–water partition coefficient (Wildman–Crippen LogP) is 3.52. The predicted molar refractivity (Wildman–Crippen MR) is 45.8 cm³/mol. The van der Waals surface area contributed by atoms with Crippen LogP contribution in [0.15, 0.2) is 16.6 Å². The highest BCUT2D eigenvalue weighted by atomic mass is 79.9. The normalized spacial score (nSPS) is 11.5. The molecule has 0 atom stereocenters. The van der Waals surface area contributed by atoms with Crippen molar-refractivity contribution in [2.45, 2.75) is 6.18 Å². The van der Waals surface area contributed by atoms with Gasteiger partial charge in [-0.1, -0.05) is 0 Å². The molecule has 82 valence electrons. The number of hydrogen-bond donors (Lipinski definition) is 0. The van der Waals surface area contributed by atoms with Gasteiger partial charge in [0.25, 0.3) is 5.69 Å². The van der Waals surface area contributed by atoms with Gasteiger partial charge in [0.2, 0.25) is 0 Å². The van der Waals surface area contributed by atoms with Gasteiger partial charge in [-0.2, -0.15) is 13.2 Å². The topological polar surface area (TPSA) is 43.1 Å². The molecule has 0 aliphatic rings. The second kappa shape index (κ2) is 3.76. The fourth-order valence-electron chi connectivity index (χ4n) is 0.886. The highest BCUT2D eigenvalue weighted by Gasteiger charge is 2.36. The molecule has 0 N–H and O–H groups in total. The van der Waals surface area contributed by atoms with Crippen molar-refractivity contribution in [2.75, 3.05) is 0 Å². The summed E-state index contributed by atoms with van der Waals surface area (Å²) in [5.41, 5.74) is -2.35. The van der Waals surface area contributed by atoms with Crippen molar-refractivity contribution in [3.8, 4) is 0 Å². The zero-order valence-corrected chi connectivity index (χ0v) is 8.39. The van der Waals surface area contributed by atoms with E-state index in [1.165, 1.54) is 0 Å². The molecule has 0 fully saturated rings. The molecular weight excluding hydrogens is 286 g/mol. The molecule has 1 rings (SSSR count). The first-order valence-electron chi connectivity index (χ1n) is 3.44. The number of alkyl halides is 3. The minimum atomic E-state index is -4.84. The molecule has 0 aromatic heterocycles. The van der Waals surface area contributed by atoms with Crippen LogP contribution in [0.1, 0.15) is 5.56 Å². The van der Waals surface area contributed by atoms with Gasteiger partial charge in [-0.05, 0) is 15.9 Å². The molecular formula is C7H2BrF4NO2. The van der Waals surface area contributed by atoms with Gasteiger partial charge >= 0.3 is 6.18 Å². The first-order chi connectivity index (χ1) is 6.73. The Balaban J connectivity index is 3.45. The van der Waals surface area contributed by atoms with Crippen molar-refractivity contribution in [1.29, 1.82) is 0 Å². The summed E-state index contributed by atoms with van der Waals surface area (Å²) in [5, 5.41) is 10.2. The summed E-state index contributed by atoms with van der Waals surface area (Å²) in [6.45, 7) is 0. The number of hydrogen-bond acceptors (Lipinski definition) is 2. The van der Waals surface area contributed by atoms with Crippen LogP contribution >= 0.6 is 15.9 Å². The third-order valence-corrected chi connectivity index (χ3v) is 2.34. The number of nitro groups is 1. The molecule has 0 aliphatic carbocycles. The first kappa shape index (κ1) is 11.9. The minimum Gasteiger partial charge on any atom is -0.258 e. The Bertz CT molecular complexity index is 418. The van der Waals surface area contributed by atoms with Gasteiger partial charge in [-0.3, -0.25) is 10.1 Å². The molecule has 1 aromatic carbocycles. The molecule has 3 nitrogen and oxygen atoms in total. The summed E-state index contributed by atoms with van der Waals surface area (Å²) < 4.78 is 48.8. The van der Waals surface area contributed by atoms with Gasteiger partial charge in [0, 0.05) is 6.07 Å². The summed E-state index contributed by atoms with van der Waals surface area (Å²) in [6.07, 6.45) is -4.84. The second-order valence-corrected chi connectivity index (χ2v) is 3.34. The van der Waals surface area contributed by atoms with Gasteiger partial charge in [-0.15, -0.1) is 0 Å². The summed E-state index contributed by atoms with van der Waals surface area (Å²) in [7, 11) is 0. The molecule has 0 radical (unpaired) electrons. The van der Waals surface area contributed by atoms with Gasteiger partial charge < -0.3 is 0 Å². The van der Waals surface area contributed by atoms with Crippen LogP contribution in [-0.4, -0.2) is 4.92 Å². The van der Waals surface area contributed by atoms with Gasteiger partial charge in [0.15, 0.2) is 0 Å². The lowest BCUT2D eigenvalue weighted by Gasteiger charge is -2.08. The maximum atomic E-state index is 12.9. The average Bonchev–Trinajstić information content (AvgIpc) is 2.06. The number of nitrogens with zero attached hydrogens (tertiary/aromatic N) is 1. The minimum absolute atomic E-state index is 0.271. The van der Waals surface area contributed by atoms with Crippen LogP contribution in [0.5, 0.6) is 0 Å². The van der Waals surface area contributed by atoms with Crippen molar-refractivity contribution in [2.24, 2.45) is 0 Å². The molecule has 15 heavy (non-hydrogen) atoms. The van der Waals surface area contributed by atoms with Crippen molar-refractivity contribution >= 4 is 21.6 Å². The molecule has 0 saturated carbocycles. The van der Waals surface area contributed by atoms with Crippen molar-refractivity contribution in [3.05, 3.63) is 38.1 Å². The first-order valence-corrected chi connectivity index (χ1v) is 4.23. The molecule has 0 amide bonds. The van der Waals surface area contributed by atoms with Crippen LogP contribution in [0, 0.1) is 15.9 Å². The number of benzene rings is 1. The lowest BCUT2D eigenvalue weighted by Crippen LogP contribution is -2.08. The maximum absolute atomic E-state index is 12.9. The Kier molecular flexibility index (Phi) is 2.98. The Morgan fingerprint density at radius 1 is 1.33 bits per heavy atom. The fourth-order valence-corrected chi connectivity index (χ4v) is 1.34. The average molecular weight is 288 g/mol. The number of non-ortho nitro benzene ring substituents is 1. The van der Waals surface area contributed by atoms with E-state index < -0.39 is 32.6 Å². The Labute approximate surface area is 89.0 Å². The van der Waals surface area contributed by atoms with Gasteiger partial charge in [0.1, 0.15) is 5.82 Å². The highest BCUT2D eigenvalue weighted by Crippen LogP contribution is 2.38. The van der Waals surface area contributed by atoms with E-state index in [4.69, 9.17) is 0 Å². The number of rotatable bonds is 1. The quantitative estimate of drug-likeness (QED) is 0.451. The van der Waals surface area contributed by atoms with E-state index >= 15 is 0 Å². The number of halogens is 5. The Hall–Kier alpha value is -1.18. The van der Waals surface area contributed by atoms with E-state index in [1.807, 2.05) is 0 Å². The highest BCUT2D eigenvalue weighted by molar-refractivity contribution is 9.10. The Morgan fingerprint density at radius 3 is 2.27 bits per heavy atom. The molecule has 0 unspecified atom stereocenters. The summed E-state index contributed by atoms with van der Waals surface area (Å²) in [5.74, 6) is -1.32. The standard InChI is InChI=1S/C7H2BrF4NO2/c8-6-4(7(10,11)12)1-3(13(14)15)2-5(6)9/h1-2H. The van der Waals surface area contributed by atoms with Crippen LogP contribution in [-0.2, 0) is 6.18 Å². The molecule has 1 aromatic rings. The summed E-state index contributed by atoms with van der Waals surface area (Å²) >= 11 is 2.38. The zero-order chi connectivity index (χ0) is 11.8. The molecule has 0 saturated heterocycles. The van der Waals surface area contributed by atoms with E-state index in [2.05, 4.69) is 15.9 Å². The van der Waals surface area contributed by atoms with Crippen molar-refractivity contribution in [1.82, 2.24) is 0 Å². The van der Waals surface area contributed by atoms with Gasteiger partial charge in [-0.25, -0.2) is 4.39 Å². The molecule has 0 spiro atoms. The molecule has 0 bridgehead atoms. The molecule has 0 heterocycles. The van der Waals surface area contributed by atoms with Crippen LogP contribution < -0.4 is 0 Å². The Morgan fingerprint density at radius 2 is 1.87 bits per heavy atom. The van der Waals surface area contributed by atoms with Gasteiger partial charge in [0.05, 0.1) is 21.0 Å². The number of nitro benzene ring substituents is 1. The zero-order valence-electron chi connectivity index (χ0n) is 6.81. The molecule has 8 heteroatoms. The van der Waals surface area contributed by atoms with E-state index in [-0.39, 0.29) is 6.07 Å². The van der Waals surface area contributed by atoms with E-state index in [0.29, 0.717) is 6.07 Å². The molecule has 0 aliphatic heterocycles. The van der Waals surface area contributed by atoms with Crippen LogP contribution in [0.4, 0.5) is 23.2 Å². The van der Waals surface area contributed by atoms with E-state index in [1.54, 1.807) is 0 Å². The van der Waals surface area contributed by atoms with Crippen molar-refractivity contribution < 1.29 is 22.5 Å². The third kappa shape index (κ3) is 2.44. The van der Waals surface area contributed by atoms with E-state index in [9.17, 15) is 27.7 Å². The third-order valence-electron chi connectivity index (χ3n) is 1.53. The lowest BCUT2D eigenvalue weighted by atomic mass is 10.2. The van der Waals surface area contributed by atoms with Crippen LogP contribution in [0.2, 0.25) is 0 Å². The SMILES string of the molecule is O=[N+]([O-])c1cc(F)c(Br)c(C(F)(F)F)c1. The monoisotopic (exact) mass is 287 g/mol. The van der Waals surface area contributed by atoms with E-state index in [0.717, 1.165) is 0 Å². The second-order valence-electron chi connectivity index (χ2n) is 2.54. The maximum Gasteiger partial charge on any atom is 0.417 e. The van der Waals surface area contributed by atoms with Crippen molar-refractivity contribution in [3.63, 3.8) is 0 Å². The van der Waals surface area contributed by atoms with Crippen LogP contribution in [0.25, 0.3) is 0 Å². The summed E-state index contributed by atoms with van der Waals surface area (Å²) in [6, 6.07) is 0.687. The smallest absolute Gasteiger partial charge is 0.258 e. The van der Waals surface area contributed by atoms with Crippen LogP contribution in [0.3, 0.4) is 0 Å². The largest absolute Gasteiger partial charge is 0.417 e. The summed E-state index contributed by atoms with van der Waals surface area (Å²) in [4.78, 5) is 9.11.